The fourth-order valence-corrected chi connectivity index (χ4v) is 2.46. The molecule has 5 heteroatoms. The lowest BCUT2D eigenvalue weighted by molar-refractivity contribution is 0.112. The highest BCUT2D eigenvalue weighted by atomic mass is 32.2. The first-order valence-corrected chi connectivity index (χ1v) is 7.18. The number of nitrogens with one attached hydrogen (secondary N) is 1. The second kappa shape index (κ2) is 6.00. The van der Waals surface area contributed by atoms with Crippen LogP contribution in [0, 0.1) is 0 Å². The summed E-state index contributed by atoms with van der Waals surface area (Å²) in [6.07, 6.45) is 10.5. The molecule has 0 aliphatic heterocycles. The van der Waals surface area contributed by atoms with E-state index in [9.17, 15) is 4.79 Å². The summed E-state index contributed by atoms with van der Waals surface area (Å²) in [4.78, 5) is 19.4. The Morgan fingerprint density at radius 1 is 1.41 bits per heavy atom. The zero-order valence-corrected chi connectivity index (χ0v) is 10.8. The number of hydrogen-bond donors (Lipinski definition) is 1. The Bertz CT molecular complexity index is 391. The first-order chi connectivity index (χ1) is 8.33. The summed E-state index contributed by atoms with van der Waals surface area (Å²) in [5.41, 5.74) is 0.549. The molecule has 0 spiro atoms. The van der Waals surface area contributed by atoms with Crippen molar-refractivity contribution in [2.45, 2.75) is 43.3 Å². The molecule has 1 aliphatic rings. The second-order valence-corrected chi connectivity index (χ2v) is 5.03. The number of aldehydes is 1. The van der Waals surface area contributed by atoms with Crippen LogP contribution in [0.1, 0.15) is 42.5 Å². The van der Waals surface area contributed by atoms with Crippen molar-refractivity contribution in [3.05, 3.63) is 11.8 Å². The van der Waals surface area contributed by atoms with Crippen molar-refractivity contribution >= 4 is 23.9 Å². The van der Waals surface area contributed by atoms with Gasteiger partial charge in [-0.3, -0.25) is 4.79 Å². The molecule has 92 valence electrons. The highest BCUT2D eigenvalue weighted by molar-refractivity contribution is 7.98. The summed E-state index contributed by atoms with van der Waals surface area (Å²) in [5.74, 6) is 0.686. The van der Waals surface area contributed by atoms with E-state index in [0.717, 1.165) is 19.1 Å². The predicted octanol–water partition coefficient (Wildman–Crippen LogP) is 2.76. The molecule has 0 aromatic carbocycles. The van der Waals surface area contributed by atoms with Crippen molar-refractivity contribution in [3.63, 3.8) is 0 Å². The van der Waals surface area contributed by atoms with Crippen LogP contribution in [0.5, 0.6) is 0 Å². The SMILES string of the molecule is CSc1ncc(C=O)c(NC2CCCCC2)n1. The van der Waals surface area contributed by atoms with E-state index in [2.05, 4.69) is 15.3 Å². The molecule has 1 aliphatic carbocycles. The molecule has 2 rings (SSSR count). The van der Waals surface area contributed by atoms with Crippen LogP contribution in [0.4, 0.5) is 5.82 Å². The van der Waals surface area contributed by atoms with Gasteiger partial charge in [0.2, 0.25) is 0 Å². The molecule has 1 fully saturated rings. The fraction of sp³-hybridized carbons (Fsp3) is 0.583. The lowest BCUT2D eigenvalue weighted by Gasteiger charge is -2.23. The Balaban J connectivity index is 2.14. The molecule has 0 saturated heterocycles. The molecule has 1 N–H and O–H groups in total. The number of hydrogen-bond acceptors (Lipinski definition) is 5. The lowest BCUT2D eigenvalue weighted by Crippen LogP contribution is -2.23. The fourth-order valence-electron chi connectivity index (χ4n) is 2.12. The maximum Gasteiger partial charge on any atom is 0.189 e. The van der Waals surface area contributed by atoms with E-state index < -0.39 is 0 Å². The van der Waals surface area contributed by atoms with Gasteiger partial charge in [-0.2, -0.15) is 0 Å². The first-order valence-electron chi connectivity index (χ1n) is 5.96. The molecule has 17 heavy (non-hydrogen) atoms. The van der Waals surface area contributed by atoms with Crippen LogP contribution < -0.4 is 5.32 Å². The average molecular weight is 251 g/mol. The maximum absolute atomic E-state index is 10.9. The Kier molecular flexibility index (Phi) is 4.36. The van der Waals surface area contributed by atoms with E-state index in [4.69, 9.17) is 0 Å². The van der Waals surface area contributed by atoms with E-state index >= 15 is 0 Å². The van der Waals surface area contributed by atoms with Crippen molar-refractivity contribution in [3.8, 4) is 0 Å². The van der Waals surface area contributed by atoms with Crippen LogP contribution in [0.3, 0.4) is 0 Å². The maximum atomic E-state index is 10.9. The first kappa shape index (κ1) is 12.4. The molecule has 0 amide bonds. The molecular formula is C12H17N3OS. The zero-order chi connectivity index (χ0) is 12.1. The minimum absolute atomic E-state index is 0.451. The van der Waals surface area contributed by atoms with Crippen molar-refractivity contribution in [1.29, 1.82) is 0 Å². The monoisotopic (exact) mass is 251 g/mol. The molecule has 1 heterocycles. The summed E-state index contributed by atoms with van der Waals surface area (Å²) in [6.45, 7) is 0. The number of carbonyl (C=O) groups is 1. The molecule has 4 nitrogen and oxygen atoms in total. The van der Waals surface area contributed by atoms with Gasteiger partial charge in [0.15, 0.2) is 11.4 Å². The van der Waals surface area contributed by atoms with E-state index in [-0.39, 0.29) is 0 Å². The zero-order valence-electron chi connectivity index (χ0n) is 9.98. The van der Waals surface area contributed by atoms with Gasteiger partial charge in [-0.25, -0.2) is 9.97 Å². The van der Waals surface area contributed by atoms with E-state index in [1.54, 1.807) is 6.20 Å². The third-order valence-corrected chi connectivity index (χ3v) is 3.61. The molecular weight excluding hydrogens is 234 g/mol. The van der Waals surface area contributed by atoms with Gasteiger partial charge in [0.25, 0.3) is 0 Å². The minimum atomic E-state index is 0.451. The Labute approximate surface area is 106 Å². The quantitative estimate of drug-likeness (QED) is 0.506. The topological polar surface area (TPSA) is 54.9 Å². The summed E-state index contributed by atoms with van der Waals surface area (Å²) < 4.78 is 0. The van der Waals surface area contributed by atoms with Gasteiger partial charge >= 0.3 is 0 Å². The van der Waals surface area contributed by atoms with Crippen LogP contribution in [-0.2, 0) is 0 Å². The van der Waals surface area contributed by atoms with Gasteiger partial charge in [-0.05, 0) is 19.1 Å². The van der Waals surface area contributed by atoms with Crippen LogP contribution in [-0.4, -0.2) is 28.6 Å². The predicted molar refractivity (Wildman–Crippen MR) is 69.7 cm³/mol. The summed E-state index contributed by atoms with van der Waals surface area (Å²) >= 11 is 1.49. The largest absolute Gasteiger partial charge is 0.367 e. The average Bonchev–Trinajstić information content (AvgIpc) is 2.40. The van der Waals surface area contributed by atoms with Crippen molar-refractivity contribution < 1.29 is 4.79 Å². The third-order valence-electron chi connectivity index (χ3n) is 3.05. The standard InChI is InChI=1S/C12H17N3OS/c1-17-12-13-7-9(8-16)11(15-12)14-10-5-3-2-4-6-10/h7-8,10H,2-6H2,1H3,(H,13,14,15). The van der Waals surface area contributed by atoms with Gasteiger partial charge in [-0.15, -0.1) is 0 Å². The number of thioether (sulfide) groups is 1. The second-order valence-electron chi connectivity index (χ2n) is 4.26. The molecule has 0 atom stereocenters. The summed E-state index contributed by atoms with van der Waals surface area (Å²) in [5, 5.41) is 4.08. The van der Waals surface area contributed by atoms with Gasteiger partial charge < -0.3 is 5.32 Å². The number of nitrogens with zero attached hydrogens (tertiary/aromatic N) is 2. The lowest BCUT2D eigenvalue weighted by atomic mass is 9.95. The highest BCUT2D eigenvalue weighted by Crippen LogP contribution is 2.23. The smallest absolute Gasteiger partial charge is 0.189 e. The van der Waals surface area contributed by atoms with Gasteiger partial charge in [0, 0.05) is 12.2 Å². The molecule has 0 unspecified atom stereocenters. The normalized spacial score (nSPS) is 16.8. The van der Waals surface area contributed by atoms with Gasteiger partial charge in [0.05, 0.1) is 5.56 Å². The van der Waals surface area contributed by atoms with Crippen LogP contribution >= 0.6 is 11.8 Å². The minimum Gasteiger partial charge on any atom is -0.367 e. The number of carbonyl (C=O) groups excluding carboxylic acids is 1. The van der Waals surface area contributed by atoms with Crippen LogP contribution in [0.15, 0.2) is 11.4 Å². The van der Waals surface area contributed by atoms with Crippen LogP contribution in [0.25, 0.3) is 0 Å². The Morgan fingerprint density at radius 3 is 2.82 bits per heavy atom. The number of aromatic nitrogens is 2. The van der Waals surface area contributed by atoms with Gasteiger partial charge in [0.1, 0.15) is 5.82 Å². The molecule has 1 saturated carbocycles. The Hall–Kier alpha value is -1.10. The molecule has 0 bridgehead atoms. The van der Waals surface area contributed by atoms with Crippen molar-refractivity contribution in [2.75, 3.05) is 11.6 Å². The molecule has 1 aromatic rings. The van der Waals surface area contributed by atoms with Crippen molar-refractivity contribution in [2.24, 2.45) is 0 Å². The van der Waals surface area contributed by atoms with Crippen LogP contribution in [0.2, 0.25) is 0 Å². The van der Waals surface area contributed by atoms with Gasteiger partial charge in [-0.1, -0.05) is 31.0 Å². The molecule has 0 radical (unpaired) electrons. The summed E-state index contributed by atoms with van der Waals surface area (Å²) in [7, 11) is 0. The number of anilines is 1. The third kappa shape index (κ3) is 3.19. The summed E-state index contributed by atoms with van der Waals surface area (Å²) in [6, 6.07) is 0.451. The molecule has 1 aromatic heterocycles. The van der Waals surface area contributed by atoms with E-state index in [1.807, 2.05) is 6.26 Å². The van der Waals surface area contributed by atoms with Crippen molar-refractivity contribution in [1.82, 2.24) is 9.97 Å². The van der Waals surface area contributed by atoms with E-state index in [1.165, 1.54) is 31.0 Å². The Morgan fingerprint density at radius 2 is 2.18 bits per heavy atom. The van der Waals surface area contributed by atoms with E-state index in [0.29, 0.717) is 22.6 Å². The highest BCUT2D eigenvalue weighted by Gasteiger charge is 2.15. The number of rotatable bonds is 4.